The molecule has 7 nitrogen and oxygen atoms in total. The summed E-state index contributed by atoms with van der Waals surface area (Å²) in [4.78, 5) is 36.5. The van der Waals surface area contributed by atoms with Crippen LogP contribution in [-0.4, -0.2) is 47.9 Å². The van der Waals surface area contributed by atoms with Crippen LogP contribution < -0.4 is 16.4 Å². The molecule has 0 aromatic heterocycles. The monoisotopic (exact) mass is 346 g/mol. The molecule has 0 saturated carbocycles. The molecule has 3 amide bonds. The first-order valence-corrected chi connectivity index (χ1v) is 8.62. The largest absolute Gasteiger partial charge is 0.368 e. The van der Waals surface area contributed by atoms with Gasteiger partial charge in [-0.2, -0.15) is 0 Å². The van der Waals surface area contributed by atoms with Crippen molar-refractivity contribution in [2.45, 2.75) is 50.9 Å². The lowest BCUT2D eigenvalue weighted by Gasteiger charge is -2.28. The summed E-state index contributed by atoms with van der Waals surface area (Å²) in [5, 5.41) is 5.85. The fourth-order valence-electron chi connectivity index (χ4n) is 3.20. The van der Waals surface area contributed by atoms with Gasteiger partial charge in [0, 0.05) is 6.54 Å². The van der Waals surface area contributed by atoms with Crippen molar-refractivity contribution < 1.29 is 14.4 Å². The second-order valence-electron chi connectivity index (χ2n) is 6.34. The molecular weight excluding hydrogens is 320 g/mol. The molecule has 1 aromatic rings. The van der Waals surface area contributed by atoms with Gasteiger partial charge >= 0.3 is 0 Å². The standard InChI is InChI=1S/C18H26N4O3/c1-13(18(25)22-11-5-8-15(22)17(19)24)21-16(20-12-23)10-9-14-6-3-2-4-7-14/h2-4,6-7,12-13,15-16,21H,5,8-11H2,1H3,(H2,19,24)(H,20,23)/t13-,15-,16?/m0/s1. The molecule has 3 atom stereocenters. The number of carbonyl (C=O) groups excluding carboxylic acids is 3. The van der Waals surface area contributed by atoms with Crippen molar-refractivity contribution in [2.24, 2.45) is 5.73 Å². The molecule has 1 aliphatic rings. The lowest BCUT2D eigenvalue weighted by molar-refractivity contribution is -0.139. The fraction of sp³-hybridized carbons (Fsp3) is 0.500. The van der Waals surface area contributed by atoms with Gasteiger partial charge in [0.15, 0.2) is 0 Å². The Kier molecular flexibility index (Phi) is 6.94. The average molecular weight is 346 g/mol. The number of carbonyl (C=O) groups is 3. The van der Waals surface area contributed by atoms with E-state index in [2.05, 4.69) is 10.6 Å². The maximum absolute atomic E-state index is 12.6. The number of hydrogen-bond donors (Lipinski definition) is 3. The molecule has 1 aliphatic heterocycles. The number of likely N-dealkylation sites (tertiary alicyclic amines) is 1. The molecule has 2 rings (SSSR count). The minimum absolute atomic E-state index is 0.168. The molecule has 4 N–H and O–H groups in total. The number of rotatable bonds is 9. The summed E-state index contributed by atoms with van der Waals surface area (Å²) >= 11 is 0. The topological polar surface area (TPSA) is 105 Å². The van der Waals surface area contributed by atoms with Gasteiger partial charge in [-0.15, -0.1) is 0 Å². The van der Waals surface area contributed by atoms with Crippen molar-refractivity contribution in [3.63, 3.8) is 0 Å². The van der Waals surface area contributed by atoms with Crippen LogP contribution in [0.5, 0.6) is 0 Å². The third-order valence-electron chi connectivity index (χ3n) is 4.52. The molecule has 7 heteroatoms. The first kappa shape index (κ1) is 18.9. The third kappa shape index (κ3) is 5.29. The zero-order valence-corrected chi connectivity index (χ0v) is 14.5. The van der Waals surface area contributed by atoms with Crippen molar-refractivity contribution in [3.8, 4) is 0 Å². The first-order chi connectivity index (χ1) is 12.0. The van der Waals surface area contributed by atoms with Gasteiger partial charge in [-0.1, -0.05) is 30.3 Å². The van der Waals surface area contributed by atoms with Crippen LogP contribution in [0.25, 0.3) is 0 Å². The van der Waals surface area contributed by atoms with E-state index in [0.717, 1.165) is 18.4 Å². The number of nitrogens with zero attached hydrogens (tertiary/aromatic N) is 1. The van der Waals surface area contributed by atoms with Gasteiger partial charge in [0.05, 0.1) is 12.2 Å². The first-order valence-electron chi connectivity index (χ1n) is 8.62. The Morgan fingerprint density at radius 3 is 2.72 bits per heavy atom. The van der Waals surface area contributed by atoms with Gasteiger partial charge in [0.2, 0.25) is 18.2 Å². The number of benzene rings is 1. The van der Waals surface area contributed by atoms with E-state index in [9.17, 15) is 14.4 Å². The average Bonchev–Trinajstić information content (AvgIpc) is 3.10. The van der Waals surface area contributed by atoms with Gasteiger partial charge in [-0.25, -0.2) is 0 Å². The number of amides is 3. The Labute approximate surface area is 147 Å². The summed E-state index contributed by atoms with van der Waals surface area (Å²) in [5.74, 6) is -0.636. The molecule has 1 saturated heterocycles. The van der Waals surface area contributed by atoms with Gasteiger partial charge in [-0.3, -0.25) is 19.7 Å². The van der Waals surface area contributed by atoms with Crippen LogP contribution in [0.15, 0.2) is 30.3 Å². The molecule has 0 aliphatic carbocycles. The van der Waals surface area contributed by atoms with Crippen LogP contribution in [0.1, 0.15) is 31.7 Å². The molecule has 1 unspecified atom stereocenters. The highest BCUT2D eigenvalue weighted by atomic mass is 16.2. The molecular formula is C18H26N4O3. The van der Waals surface area contributed by atoms with Crippen LogP contribution in [0.2, 0.25) is 0 Å². The second-order valence-corrected chi connectivity index (χ2v) is 6.34. The molecule has 0 bridgehead atoms. The lowest BCUT2D eigenvalue weighted by Crippen LogP contribution is -2.55. The van der Waals surface area contributed by atoms with Crippen LogP contribution in [0.3, 0.4) is 0 Å². The smallest absolute Gasteiger partial charge is 0.240 e. The van der Waals surface area contributed by atoms with Gasteiger partial charge < -0.3 is 16.0 Å². The minimum atomic E-state index is -0.529. The zero-order chi connectivity index (χ0) is 18.2. The van der Waals surface area contributed by atoms with Crippen LogP contribution in [0.4, 0.5) is 0 Å². The molecule has 1 fully saturated rings. The van der Waals surface area contributed by atoms with Crippen LogP contribution in [-0.2, 0) is 20.8 Å². The van der Waals surface area contributed by atoms with Crippen molar-refractivity contribution >= 4 is 18.2 Å². The van der Waals surface area contributed by atoms with Crippen LogP contribution in [0, 0.1) is 0 Å². The highest BCUT2D eigenvalue weighted by Gasteiger charge is 2.35. The van der Waals surface area contributed by atoms with Crippen molar-refractivity contribution in [2.75, 3.05) is 6.54 Å². The third-order valence-corrected chi connectivity index (χ3v) is 4.52. The Morgan fingerprint density at radius 1 is 1.36 bits per heavy atom. The van der Waals surface area contributed by atoms with Crippen molar-refractivity contribution in [1.29, 1.82) is 0 Å². The Hall–Kier alpha value is -2.41. The molecule has 0 radical (unpaired) electrons. The highest BCUT2D eigenvalue weighted by molar-refractivity contribution is 5.89. The van der Waals surface area contributed by atoms with E-state index in [0.29, 0.717) is 25.8 Å². The van der Waals surface area contributed by atoms with Crippen molar-refractivity contribution in [1.82, 2.24) is 15.5 Å². The second kappa shape index (κ2) is 9.17. The molecule has 136 valence electrons. The van der Waals surface area contributed by atoms with E-state index in [1.54, 1.807) is 6.92 Å². The summed E-state index contributed by atoms with van der Waals surface area (Å²) in [5.41, 5.74) is 6.54. The van der Waals surface area contributed by atoms with Crippen LogP contribution >= 0.6 is 0 Å². The Morgan fingerprint density at radius 2 is 2.08 bits per heavy atom. The quantitative estimate of drug-likeness (QED) is 0.437. The lowest BCUT2D eigenvalue weighted by atomic mass is 10.1. The summed E-state index contributed by atoms with van der Waals surface area (Å²) in [6.07, 6.45) is 3.11. The van der Waals surface area contributed by atoms with Gasteiger partial charge in [-0.05, 0) is 38.2 Å². The maximum atomic E-state index is 12.6. The van der Waals surface area contributed by atoms with E-state index >= 15 is 0 Å². The summed E-state index contributed by atoms with van der Waals surface area (Å²) < 4.78 is 0. The number of nitrogens with two attached hydrogens (primary N) is 1. The molecule has 25 heavy (non-hydrogen) atoms. The highest BCUT2D eigenvalue weighted by Crippen LogP contribution is 2.18. The summed E-state index contributed by atoms with van der Waals surface area (Å²) in [6.45, 7) is 2.27. The zero-order valence-electron chi connectivity index (χ0n) is 14.5. The van der Waals surface area contributed by atoms with E-state index in [1.807, 2.05) is 30.3 Å². The SMILES string of the molecule is C[C@H](NC(CCc1ccccc1)NC=O)C(=O)N1CCC[C@H]1C(N)=O. The predicted octanol–water partition coefficient (Wildman–Crippen LogP) is 0.146. The van der Waals surface area contributed by atoms with Crippen molar-refractivity contribution in [3.05, 3.63) is 35.9 Å². The van der Waals surface area contributed by atoms with E-state index in [1.165, 1.54) is 4.90 Å². The predicted molar refractivity (Wildman–Crippen MR) is 94.3 cm³/mol. The summed E-state index contributed by atoms with van der Waals surface area (Å²) in [7, 11) is 0. The summed E-state index contributed by atoms with van der Waals surface area (Å²) in [6, 6.07) is 8.88. The Balaban J connectivity index is 1.92. The number of primary amides is 1. The van der Waals surface area contributed by atoms with E-state index in [-0.39, 0.29) is 12.1 Å². The number of nitrogens with one attached hydrogen (secondary N) is 2. The van der Waals surface area contributed by atoms with E-state index < -0.39 is 18.0 Å². The number of hydrogen-bond acceptors (Lipinski definition) is 4. The normalized spacial score (nSPS) is 19.2. The van der Waals surface area contributed by atoms with E-state index in [4.69, 9.17) is 5.73 Å². The minimum Gasteiger partial charge on any atom is -0.368 e. The van der Waals surface area contributed by atoms with Gasteiger partial charge in [0.25, 0.3) is 0 Å². The number of aryl methyl sites for hydroxylation is 1. The molecule has 1 heterocycles. The molecule has 0 spiro atoms. The fourth-order valence-corrected chi connectivity index (χ4v) is 3.20. The molecule has 1 aromatic carbocycles. The Bertz CT molecular complexity index is 593. The maximum Gasteiger partial charge on any atom is 0.240 e. The van der Waals surface area contributed by atoms with Gasteiger partial charge in [0.1, 0.15) is 6.04 Å².